The Bertz CT molecular complexity index is 588. The molecule has 0 heterocycles. The van der Waals surface area contributed by atoms with Crippen LogP contribution in [0.5, 0.6) is 5.75 Å². The number of nitrogens with one attached hydrogen (secondary N) is 1. The summed E-state index contributed by atoms with van der Waals surface area (Å²) >= 11 is 6.00. The van der Waals surface area contributed by atoms with Gasteiger partial charge >= 0.3 is 0 Å². The lowest BCUT2D eigenvalue weighted by Crippen LogP contribution is -2.23. The van der Waals surface area contributed by atoms with Gasteiger partial charge in [0.1, 0.15) is 5.75 Å². The van der Waals surface area contributed by atoms with E-state index in [0.29, 0.717) is 0 Å². The minimum absolute atomic E-state index is 0.111. The highest BCUT2D eigenvalue weighted by Crippen LogP contribution is 2.34. The van der Waals surface area contributed by atoms with Crippen molar-refractivity contribution in [1.29, 1.82) is 0 Å². The van der Waals surface area contributed by atoms with Crippen molar-refractivity contribution in [3.05, 3.63) is 61.6 Å². The first kappa shape index (κ1) is 15.8. The van der Waals surface area contributed by atoms with E-state index in [4.69, 9.17) is 4.74 Å². The van der Waals surface area contributed by atoms with Crippen molar-refractivity contribution in [2.75, 3.05) is 13.7 Å². The summed E-state index contributed by atoms with van der Waals surface area (Å²) in [5, 5.41) is 3.54. The number of ether oxygens (including phenoxy) is 1. The van der Waals surface area contributed by atoms with E-state index in [1.165, 1.54) is 9.13 Å². The largest absolute Gasteiger partial charge is 0.496 e. The van der Waals surface area contributed by atoms with Crippen LogP contribution in [0.3, 0.4) is 0 Å². The molecule has 0 spiro atoms. The Morgan fingerprint density at radius 3 is 2.65 bits per heavy atom. The number of rotatable bonds is 5. The van der Waals surface area contributed by atoms with Gasteiger partial charge in [-0.05, 0) is 59.0 Å². The third kappa shape index (κ3) is 3.54. The van der Waals surface area contributed by atoms with Crippen molar-refractivity contribution in [3.8, 4) is 5.75 Å². The van der Waals surface area contributed by atoms with Crippen molar-refractivity contribution < 1.29 is 4.74 Å². The third-order valence-electron chi connectivity index (χ3n) is 3.13. The van der Waals surface area contributed by atoms with Gasteiger partial charge in [0.05, 0.1) is 13.2 Å². The van der Waals surface area contributed by atoms with Crippen LogP contribution in [0.4, 0.5) is 0 Å². The standard InChI is InChI=1S/C16H17BrINO/c1-3-19-16(12-6-4-5-7-15(12)20-2)13-10-11(18)8-9-14(13)17/h4-10,16,19H,3H2,1-2H3. The van der Waals surface area contributed by atoms with E-state index < -0.39 is 0 Å². The maximum absolute atomic E-state index is 5.51. The van der Waals surface area contributed by atoms with Crippen LogP contribution < -0.4 is 10.1 Å². The van der Waals surface area contributed by atoms with Gasteiger partial charge in [-0.25, -0.2) is 0 Å². The summed E-state index contributed by atoms with van der Waals surface area (Å²) in [5.74, 6) is 0.907. The van der Waals surface area contributed by atoms with E-state index in [0.717, 1.165) is 22.3 Å². The van der Waals surface area contributed by atoms with Gasteiger partial charge in [0.25, 0.3) is 0 Å². The quantitative estimate of drug-likeness (QED) is 0.670. The van der Waals surface area contributed by atoms with Gasteiger partial charge in [-0.2, -0.15) is 0 Å². The zero-order chi connectivity index (χ0) is 14.5. The molecule has 1 unspecified atom stereocenters. The summed E-state index contributed by atoms with van der Waals surface area (Å²) in [6, 6.07) is 14.7. The average Bonchev–Trinajstić information content (AvgIpc) is 2.47. The molecule has 4 heteroatoms. The fraction of sp³-hybridized carbons (Fsp3) is 0.250. The van der Waals surface area contributed by atoms with Gasteiger partial charge in [-0.15, -0.1) is 0 Å². The highest BCUT2D eigenvalue weighted by atomic mass is 127. The number of hydrogen-bond donors (Lipinski definition) is 1. The number of benzene rings is 2. The molecule has 1 N–H and O–H groups in total. The van der Waals surface area contributed by atoms with E-state index >= 15 is 0 Å². The first-order chi connectivity index (χ1) is 9.67. The van der Waals surface area contributed by atoms with E-state index in [2.05, 4.69) is 75.0 Å². The van der Waals surface area contributed by atoms with E-state index in [1.54, 1.807) is 7.11 Å². The van der Waals surface area contributed by atoms with Crippen LogP contribution in [-0.4, -0.2) is 13.7 Å². The summed E-state index contributed by atoms with van der Waals surface area (Å²) in [4.78, 5) is 0. The summed E-state index contributed by atoms with van der Waals surface area (Å²) < 4.78 is 7.83. The van der Waals surface area contributed by atoms with E-state index in [-0.39, 0.29) is 6.04 Å². The Morgan fingerprint density at radius 2 is 1.95 bits per heavy atom. The molecule has 2 aromatic carbocycles. The molecule has 1 atom stereocenters. The molecule has 0 bridgehead atoms. The van der Waals surface area contributed by atoms with Crippen LogP contribution in [0.2, 0.25) is 0 Å². The van der Waals surface area contributed by atoms with Crippen LogP contribution in [0.1, 0.15) is 24.1 Å². The summed E-state index contributed by atoms with van der Waals surface area (Å²) in [7, 11) is 1.71. The third-order valence-corrected chi connectivity index (χ3v) is 4.52. The van der Waals surface area contributed by atoms with Crippen molar-refractivity contribution in [2.24, 2.45) is 0 Å². The fourth-order valence-corrected chi connectivity index (χ4v) is 3.22. The Morgan fingerprint density at radius 1 is 1.20 bits per heavy atom. The van der Waals surface area contributed by atoms with E-state index in [1.807, 2.05) is 18.2 Å². The second-order valence-corrected chi connectivity index (χ2v) is 6.50. The Labute approximate surface area is 142 Å². The number of para-hydroxylation sites is 1. The lowest BCUT2D eigenvalue weighted by Gasteiger charge is -2.22. The monoisotopic (exact) mass is 445 g/mol. The molecule has 0 aliphatic carbocycles. The molecule has 0 aliphatic heterocycles. The fourth-order valence-electron chi connectivity index (χ4n) is 2.23. The average molecular weight is 446 g/mol. The molecule has 2 rings (SSSR count). The predicted octanol–water partition coefficient (Wildman–Crippen LogP) is 4.76. The van der Waals surface area contributed by atoms with Crippen LogP contribution in [-0.2, 0) is 0 Å². The minimum Gasteiger partial charge on any atom is -0.496 e. The summed E-state index contributed by atoms with van der Waals surface area (Å²) in [6.07, 6.45) is 0. The first-order valence-electron chi connectivity index (χ1n) is 6.48. The lowest BCUT2D eigenvalue weighted by atomic mass is 9.98. The number of halogens is 2. The van der Waals surface area contributed by atoms with Gasteiger partial charge < -0.3 is 10.1 Å². The van der Waals surface area contributed by atoms with Gasteiger partial charge in [-0.1, -0.05) is 41.1 Å². The topological polar surface area (TPSA) is 21.3 Å². The highest BCUT2D eigenvalue weighted by Gasteiger charge is 2.19. The van der Waals surface area contributed by atoms with Crippen LogP contribution in [0.15, 0.2) is 46.9 Å². The zero-order valence-electron chi connectivity index (χ0n) is 11.5. The molecule has 106 valence electrons. The molecule has 0 aliphatic rings. The molecule has 2 nitrogen and oxygen atoms in total. The predicted molar refractivity (Wildman–Crippen MR) is 95.4 cm³/mol. The Hall–Kier alpha value is -0.590. The molecule has 0 amide bonds. The molecule has 0 aromatic heterocycles. The second kappa shape index (κ2) is 7.43. The maximum Gasteiger partial charge on any atom is 0.123 e. The molecular formula is C16H17BrINO. The molecule has 0 saturated heterocycles. The summed E-state index contributed by atoms with van der Waals surface area (Å²) in [5.41, 5.74) is 2.38. The van der Waals surface area contributed by atoms with Crippen molar-refractivity contribution in [3.63, 3.8) is 0 Å². The van der Waals surface area contributed by atoms with Crippen LogP contribution in [0, 0.1) is 3.57 Å². The molecule has 0 fully saturated rings. The first-order valence-corrected chi connectivity index (χ1v) is 8.35. The van der Waals surface area contributed by atoms with Crippen molar-refractivity contribution >= 4 is 38.5 Å². The van der Waals surface area contributed by atoms with Crippen LogP contribution >= 0.6 is 38.5 Å². The van der Waals surface area contributed by atoms with Gasteiger partial charge in [0.2, 0.25) is 0 Å². The normalized spacial score (nSPS) is 12.2. The molecule has 20 heavy (non-hydrogen) atoms. The highest BCUT2D eigenvalue weighted by molar-refractivity contribution is 14.1. The van der Waals surface area contributed by atoms with Crippen molar-refractivity contribution in [2.45, 2.75) is 13.0 Å². The zero-order valence-corrected chi connectivity index (χ0v) is 15.2. The van der Waals surface area contributed by atoms with Gasteiger partial charge in [0.15, 0.2) is 0 Å². The lowest BCUT2D eigenvalue weighted by molar-refractivity contribution is 0.404. The maximum atomic E-state index is 5.51. The SMILES string of the molecule is CCNC(c1cc(I)ccc1Br)c1ccccc1OC. The van der Waals surface area contributed by atoms with Gasteiger partial charge in [0, 0.05) is 13.6 Å². The summed E-state index contributed by atoms with van der Waals surface area (Å²) in [6.45, 7) is 3.00. The molecule has 0 saturated carbocycles. The molecule has 0 radical (unpaired) electrons. The minimum atomic E-state index is 0.111. The second-order valence-electron chi connectivity index (χ2n) is 4.40. The van der Waals surface area contributed by atoms with E-state index in [9.17, 15) is 0 Å². The molecule has 2 aromatic rings. The molecular weight excluding hydrogens is 429 g/mol. The Kier molecular flexibility index (Phi) is 5.86. The Balaban J connectivity index is 2.53. The van der Waals surface area contributed by atoms with Crippen molar-refractivity contribution in [1.82, 2.24) is 5.32 Å². The van der Waals surface area contributed by atoms with Gasteiger partial charge in [-0.3, -0.25) is 0 Å². The van der Waals surface area contributed by atoms with Crippen LogP contribution in [0.25, 0.3) is 0 Å². The number of hydrogen-bond acceptors (Lipinski definition) is 2. The number of methoxy groups -OCH3 is 1. The smallest absolute Gasteiger partial charge is 0.123 e.